The van der Waals surface area contributed by atoms with Gasteiger partial charge in [0.1, 0.15) is 9.73 Å². The van der Waals surface area contributed by atoms with E-state index in [9.17, 15) is 26.0 Å². The van der Waals surface area contributed by atoms with Crippen LogP contribution < -0.4 is 14.2 Å². The van der Waals surface area contributed by atoms with Crippen molar-refractivity contribution in [3.05, 3.63) is 44.7 Å². The number of carbonyl (C=O) groups is 1. The number of amides is 1. The molecule has 10 nitrogen and oxygen atoms in total. The maximum absolute atomic E-state index is 14.2. The number of sulfonamides is 1. The standard InChI is InChI=1S/C20H20BrFN4O6S4/c1-24-16(22)9-14-20(24)34-18(25(14)6-3-7-36(30,31)32)10-19-26(11-17(27)23-35(2,28)29)13-8-12(21)4-5-15(13)33-19/h4-5,8-10H,3,6-7,11H2,1-2H3,(H-,23,27,30,31,32)/p+1. The van der Waals surface area contributed by atoms with Crippen molar-refractivity contribution in [3.63, 3.8) is 0 Å². The zero-order chi connectivity index (χ0) is 26.4. The summed E-state index contributed by atoms with van der Waals surface area (Å²) in [6, 6.07) is 6.89. The van der Waals surface area contributed by atoms with Gasteiger partial charge in [0.15, 0.2) is 5.95 Å². The summed E-state index contributed by atoms with van der Waals surface area (Å²) in [7, 11) is -6.33. The number of thioether (sulfide) groups is 1. The van der Waals surface area contributed by atoms with Gasteiger partial charge >= 0.3 is 0 Å². The average Bonchev–Trinajstić information content (AvgIpc) is 3.33. The number of thiazole rings is 1. The van der Waals surface area contributed by atoms with Crippen molar-refractivity contribution in [2.75, 3.05) is 23.5 Å². The molecular weight excluding hydrogens is 619 g/mol. The lowest BCUT2D eigenvalue weighted by atomic mass is 10.3. The molecule has 3 heterocycles. The van der Waals surface area contributed by atoms with Gasteiger partial charge in [-0.1, -0.05) is 39.0 Å². The molecule has 3 aromatic rings. The van der Waals surface area contributed by atoms with E-state index in [4.69, 9.17) is 4.55 Å². The normalized spacial score (nSPS) is 15.1. The summed E-state index contributed by atoms with van der Waals surface area (Å²) in [5, 5.41) is 1.91. The zero-order valence-corrected chi connectivity index (χ0v) is 23.8. The molecule has 0 aliphatic carbocycles. The van der Waals surface area contributed by atoms with Crippen LogP contribution in [0, 0.1) is 5.95 Å². The number of hydrogen-bond donors (Lipinski definition) is 2. The van der Waals surface area contributed by atoms with Crippen LogP contribution in [0.3, 0.4) is 0 Å². The highest BCUT2D eigenvalue weighted by Gasteiger charge is 2.32. The minimum Gasteiger partial charge on any atom is -0.333 e. The monoisotopic (exact) mass is 639 g/mol. The molecule has 0 radical (unpaired) electrons. The predicted octanol–water partition coefficient (Wildman–Crippen LogP) is 2.69. The maximum Gasteiger partial charge on any atom is 0.299 e. The third-order valence-corrected chi connectivity index (χ3v) is 9.41. The number of carbonyl (C=O) groups excluding carboxylic acids is 1. The van der Waals surface area contributed by atoms with Crippen LogP contribution in [0.25, 0.3) is 16.3 Å². The Morgan fingerprint density at radius 1 is 1.28 bits per heavy atom. The van der Waals surface area contributed by atoms with Crippen LogP contribution in [0.1, 0.15) is 11.4 Å². The van der Waals surface area contributed by atoms with Gasteiger partial charge in [-0.15, -0.1) is 0 Å². The summed E-state index contributed by atoms with van der Waals surface area (Å²) in [5.41, 5.74) is 1.26. The molecular formula is C20H21BrFN4O6S4+. The van der Waals surface area contributed by atoms with Gasteiger partial charge in [-0.05, 0) is 18.6 Å². The summed E-state index contributed by atoms with van der Waals surface area (Å²) in [5.74, 6) is -1.61. The van der Waals surface area contributed by atoms with Crippen LogP contribution in [0.5, 0.6) is 0 Å². The van der Waals surface area contributed by atoms with Gasteiger partial charge in [-0.25, -0.2) is 13.1 Å². The number of halogens is 2. The van der Waals surface area contributed by atoms with Crippen molar-refractivity contribution >= 4 is 87.1 Å². The van der Waals surface area contributed by atoms with E-state index in [1.54, 1.807) is 22.6 Å². The van der Waals surface area contributed by atoms with E-state index in [0.29, 0.717) is 26.3 Å². The number of nitrogens with one attached hydrogen (secondary N) is 1. The Balaban J connectivity index is 1.76. The lowest BCUT2D eigenvalue weighted by molar-refractivity contribution is -0.655. The van der Waals surface area contributed by atoms with Gasteiger partial charge in [0.25, 0.3) is 21.0 Å². The third-order valence-electron chi connectivity index (χ3n) is 5.18. The molecule has 0 fully saturated rings. The quantitative estimate of drug-likeness (QED) is 0.284. The van der Waals surface area contributed by atoms with Gasteiger partial charge in [-0.2, -0.15) is 17.4 Å². The Bertz CT molecular complexity index is 1610. The van der Waals surface area contributed by atoms with Gasteiger partial charge in [-0.3, -0.25) is 9.35 Å². The number of hydrogen-bond acceptors (Lipinski definition) is 8. The van der Waals surface area contributed by atoms with E-state index in [-0.39, 0.29) is 19.5 Å². The van der Waals surface area contributed by atoms with Crippen LogP contribution in [0.2, 0.25) is 0 Å². The second kappa shape index (κ2) is 10.1. The minimum absolute atomic E-state index is 0.100. The molecule has 36 heavy (non-hydrogen) atoms. The van der Waals surface area contributed by atoms with E-state index < -0.39 is 37.7 Å². The molecule has 2 N–H and O–H groups in total. The average molecular weight is 641 g/mol. The molecule has 1 aliphatic rings. The first-order valence-corrected chi connectivity index (χ1v) is 16.2. The minimum atomic E-state index is -4.16. The molecule has 0 atom stereocenters. The van der Waals surface area contributed by atoms with E-state index in [1.165, 1.54) is 33.7 Å². The van der Waals surface area contributed by atoms with Crippen molar-refractivity contribution < 1.29 is 35.1 Å². The van der Waals surface area contributed by atoms with Gasteiger partial charge < -0.3 is 9.47 Å². The highest BCUT2D eigenvalue weighted by atomic mass is 79.9. The van der Waals surface area contributed by atoms with E-state index >= 15 is 0 Å². The second-order valence-corrected chi connectivity index (χ2v) is 14.3. The fourth-order valence-electron chi connectivity index (χ4n) is 3.70. The van der Waals surface area contributed by atoms with Crippen LogP contribution in [0.4, 0.5) is 10.1 Å². The highest BCUT2D eigenvalue weighted by Crippen LogP contribution is 2.48. The first-order chi connectivity index (χ1) is 16.7. The molecule has 0 spiro atoms. The Morgan fingerprint density at radius 2 is 2.00 bits per heavy atom. The highest BCUT2D eigenvalue weighted by molar-refractivity contribution is 9.10. The Labute approximate surface area is 223 Å². The lowest BCUT2D eigenvalue weighted by Gasteiger charge is -2.18. The molecule has 16 heteroatoms. The van der Waals surface area contributed by atoms with Crippen molar-refractivity contribution in [2.24, 2.45) is 7.05 Å². The topological polar surface area (TPSA) is 130 Å². The predicted molar refractivity (Wildman–Crippen MR) is 140 cm³/mol. The number of aromatic nitrogens is 2. The third kappa shape index (κ3) is 6.11. The molecule has 1 aromatic carbocycles. The summed E-state index contributed by atoms with van der Waals surface area (Å²) in [6.45, 7) is -0.0717. The molecule has 0 bridgehead atoms. The fourth-order valence-corrected chi connectivity index (χ4v) is 7.34. The summed E-state index contributed by atoms with van der Waals surface area (Å²) < 4.78 is 75.6. The summed E-state index contributed by atoms with van der Waals surface area (Å²) in [4.78, 5) is 14.2. The molecule has 1 amide bonds. The van der Waals surface area contributed by atoms with Gasteiger partial charge in [0.2, 0.25) is 22.1 Å². The number of fused-ring (bicyclic) bond motifs is 2. The van der Waals surface area contributed by atoms with Crippen molar-refractivity contribution in [3.8, 4) is 0 Å². The Hall–Kier alpha value is -1.98. The summed E-state index contributed by atoms with van der Waals surface area (Å²) in [6.07, 6.45) is 2.79. The van der Waals surface area contributed by atoms with Crippen molar-refractivity contribution in [1.29, 1.82) is 0 Å². The molecule has 0 saturated carbocycles. The van der Waals surface area contributed by atoms with Crippen LogP contribution in [-0.2, 0) is 38.5 Å². The largest absolute Gasteiger partial charge is 0.333 e. The molecule has 4 rings (SSSR count). The fraction of sp³-hybridized carbons (Fsp3) is 0.300. The smallest absolute Gasteiger partial charge is 0.299 e. The Morgan fingerprint density at radius 3 is 2.67 bits per heavy atom. The number of rotatable bonds is 8. The van der Waals surface area contributed by atoms with E-state index in [1.807, 2.05) is 22.9 Å². The number of benzene rings is 1. The van der Waals surface area contributed by atoms with Crippen LogP contribution in [-0.4, -0.2) is 50.4 Å². The second-order valence-electron chi connectivity index (χ2n) is 8.03. The lowest BCUT2D eigenvalue weighted by Crippen LogP contribution is -2.45. The molecule has 194 valence electrons. The summed E-state index contributed by atoms with van der Waals surface area (Å²) >= 11 is 6.08. The SMILES string of the molecule is Cn1c(F)cc2c1SC(=Cc1sc3ccc(Br)cc3[n+]1CC(=O)NS(C)(=O)=O)N2CCCS(=O)(=O)O. The maximum atomic E-state index is 14.2. The Kier molecular flexibility index (Phi) is 7.56. The molecule has 0 unspecified atom stereocenters. The van der Waals surface area contributed by atoms with Gasteiger partial charge in [0.05, 0.1) is 28.8 Å². The van der Waals surface area contributed by atoms with Gasteiger partial charge in [0, 0.05) is 30.2 Å². The number of anilines is 1. The van der Waals surface area contributed by atoms with Crippen molar-refractivity contribution in [1.82, 2.24) is 9.29 Å². The molecule has 2 aromatic heterocycles. The number of nitrogens with zero attached hydrogens (tertiary/aromatic N) is 3. The molecule has 0 saturated heterocycles. The van der Waals surface area contributed by atoms with E-state index in [2.05, 4.69) is 15.9 Å². The van der Waals surface area contributed by atoms with Crippen molar-refractivity contribution in [2.45, 2.75) is 18.0 Å². The van der Waals surface area contributed by atoms with E-state index in [0.717, 1.165) is 15.4 Å². The zero-order valence-electron chi connectivity index (χ0n) is 18.9. The van der Waals surface area contributed by atoms with Crippen LogP contribution in [0.15, 0.2) is 38.8 Å². The van der Waals surface area contributed by atoms with Crippen LogP contribution >= 0.6 is 39.0 Å². The first kappa shape index (κ1) is 27.1. The first-order valence-electron chi connectivity index (χ1n) is 10.3. The molecule has 1 aliphatic heterocycles.